The van der Waals surface area contributed by atoms with Gasteiger partial charge in [0.2, 0.25) is 5.91 Å². The molecule has 4 aromatic rings. The SMILES string of the molecule is CC(Cc1nc2ccccc2s1)(C(=O)NC1CCN(C(=O)Nc2ccccc2)CC1)c1ccccc1. The molecule has 36 heavy (non-hydrogen) atoms. The molecule has 0 bridgehead atoms. The van der Waals surface area contributed by atoms with Crippen LogP contribution in [0.2, 0.25) is 0 Å². The van der Waals surface area contributed by atoms with Crippen molar-refractivity contribution in [3.05, 3.63) is 95.5 Å². The molecule has 0 aliphatic carbocycles. The van der Waals surface area contributed by atoms with Crippen molar-refractivity contribution in [1.82, 2.24) is 15.2 Å². The number of amides is 3. The molecule has 1 aliphatic rings. The number of benzene rings is 3. The van der Waals surface area contributed by atoms with Crippen LogP contribution >= 0.6 is 11.3 Å². The van der Waals surface area contributed by atoms with Gasteiger partial charge < -0.3 is 15.5 Å². The molecule has 6 nitrogen and oxygen atoms in total. The predicted molar refractivity (Wildman–Crippen MR) is 145 cm³/mol. The summed E-state index contributed by atoms with van der Waals surface area (Å²) in [6.07, 6.45) is 1.97. The summed E-state index contributed by atoms with van der Waals surface area (Å²) < 4.78 is 1.13. The Hall–Kier alpha value is -3.71. The van der Waals surface area contributed by atoms with E-state index >= 15 is 0 Å². The molecule has 1 atom stereocenters. The normalized spacial score (nSPS) is 15.9. The number of nitrogens with one attached hydrogen (secondary N) is 2. The van der Waals surface area contributed by atoms with E-state index in [1.54, 1.807) is 11.3 Å². The maximum absolute atomic E-state index is 13.8. The van der Waals surface area contributed by atoms with Gasteiger partial charge in [0.1, 0.15) is 0 Å². The number of aromatic nitrogens is 1. The third kappa shape index (κ3) is 5.26. The molecule has 3 aromatic carbocycles. The number of nitrogens with zero attached hydrogens (tertiary/aromatic N) is 2. The number of para-hydroxylation sites is 2. The quantitative estimate of drug-likeness (QED) is 0.363. The zero-order chi connectivity index (χ0) is 25.0. The van der Waals surface area contributed by atoms with Crippen molar-refractivity contribution in [2.45, 2.75) is 37.6 Å². The van der Waals surface area contributed by atoms with Crippen LogP contribution in [-0.2, 0) is 16.6 Å². The van der Waals surface area contributed by atoms with Gasteiger partial charge in [0.25, 0.3) is 0 Å². The van der Waals surface area contributed by atoms with Crippen LogP contribution in [0.1, 0.15) is 30.3 Å². The van der Waals surface area contributed by atoms with Gasteiger partial charge in [-0.05, 0) is 49.6 Å². The predicted octanol–water partition coefficient (Wildman–Crippen LogP) is 5.61. The Morgan fingerprint density at radius 1 is 0.944 bits per heavy atom. The number of piperidine rings is 1. The summed E-state index contributed by atoms with van der Waals surface area (Å²) in [6, 6.07) is 27.4. The molecular weight excluding hydrogens is 468 g/mol. The van der Waals surface area contributed by atoms with Gasteiger partial charge in [-0.1, -0.05) is 60.7 Å². The highest BCUT2D eigenvalue weighted by molar-refractivity contribution is 7.18. The molecule has 7 heteroatoms. The minimum absolute atomic E-state index is 0.000133. The molecule has 2 heterocycles. The molecule has 1 aromatic heterocycles. The summed E-state index contributed by atoms with van der Waals surface area (Å²) in [7, 11) is 0. The van der Waals surface area contributed by atoms with Crippen LogP contribution in [0.5, 0.6) is 0 Å². The van der Waals surface area contributed by atoms with Crippen LogP contribution in [0.3, 0.4) is 0 Å². The number of likely N-dealkylation sites (tertiary alicyclic amines) is 1. The van der Waals surface area contributed by atoms with Gasteiger partial charge in [-0.15, -0.1) is 11.3 Å². The monoisotopic (exact) mass is 498 g/mol. The number of hydrogen-bond donors (Lipinski definition) is 2. The summed E-state index contributed by atoms with van der Waals surface area (Å²) in [5.41, 5.74) is 1.97. The van der Waals surface area contributed by atoms with E-state index in [-0.39, 0.29) is 18.0 Å². The lowest BCUT2D eigenvalue weighted by Gasteiger charge is -2.35. The fourth-order valence-electron chi connectivity index (χ4n) is 4.71. The molecule has 5 rings (SSSR count). The summed E-state index contributed by atoms with van der Waals surface area (Å²) in [5.74, 6) is 0.000133. The van der Waals surface area contributed by atoms with Gasteiger partial charge in [-0.25, -0.2) is 9.78 Å². The van der Waals surface area contributed by atoms with Crippen LogP contribution < -0.4 is 10.6 Å². The van der Waals surface area contributed by atoms with E-state index in [4.69, 9.17) is 4.98 Å². The van der Waals surface area contributed by atoms with E-state index in [1.807, 2.05) is 90.7 Å². The Balaban J connectivity index is 1.26. The number of hydrogen-bond acceptors (Lipinski definition) is 4. The molecule has 1 unspecified atom stereocenters. The second-order valence-electron chi connectivity index (χ2n) is 9.48. The van der Waals surface area contributed by atoms with E-state index in [2.05, 4.69) is 16.7 Å². The van der Waals surface area contributed by atoms with Gasteiger partial charge in [0.15, 0.2) is 0 Å². The second kappa shape index (κ2) is 10.5. The highest BCUT2D eigenvalue weighted by Gasteiger charge is 2.38. The number of carbonyl (C=O) groups is 2. The van der Waals surface area contributed by atoms with E-state index in [0.717, 1.165) is 39.3 Å². The topological polar surface area (TPSA) is 74.3 Å². The van der Waals surface area contributed by atoms with Crippen molar-refractivity contribution >= 4 is 39.2 Å². The standard InChI is InChI=1S/C29H30N4O2S/c1-29(21-10-4-2-5-11-21,20-26-32-24-14-8-9-15-25(24)36-26)27(34)30-23-16-18-33(19-17-23)28(35)31-22-12-6-3-7-13-22/h2-15,23H,16-20H2,1H3,(H,30,34)(H,31,35). The van der Waals surface area contributed by atoms with Crippen molar-refractivity contribution in [2.24, 2.45) is 0 Å². The molecule has 1 fully saturated rings. The van der Waals surface area contributed by atoms with Gasteiger partial charge in [0, 0.05) is 31.2 Å². The van der Waals surface area contributed by atoms with Crippen LogP contribution in [0.15, 0.2) is 84.9 Å². The Morgan fingerprint density at radius 2 is 1.58 bits per heavy atom. The lowest BCUT2D eigenvalue weighted by atomic mass is 9.78. The molecule has 1 saturated heterocycles. The number of fused-ring (bicyclic) bond motifs is 1. The van der Waals surface area contributed by atoms with Crippen LogP contribution in [0.4, 0.5) is 10.5 Å². The van der Waals surface area contributed by atoms with E-state index in [9.17, 15) is 9.59 Å². The minimum atomic E-state index is -0.753. The Bertz CT molecular complexity index is 1300. The lowest BCUT2D eigenvalue weighted by molar-refractivity contribution is -0.127. The number of thiazole rings is 1. The fourth-order valence-corrected chi connectivity index (χ4v) is 5.84. The first-order valence-corrected chi connectivity index (χ1v) is 13.1. The van der Waals surface area contributed by atoms with Crippen LogP contribution in [0, 0.1) is 0 Å². The maximum Gasteiger partial charge on any atom is 0.321 e. The van der Waals surface area contributed by atoms with Gasteiger partial charge in [-0.2, -0.15) is 0 Å². The number of rotatable bonds is 6. The van der Waals surface area contributed by atoms with Gasteiger partial charge in [-0.3, -0.25) is 4.79 Å². The summed E-state index contributed by atoms with van der Waals surface area (Å²) in [5, 5.41) is 7.19. The number of carbonyl (C=O) groups excluding carboxylic acids is 2. The highest BCUT2D eigenvalue weighted by atomic mass is 32.1. The summed E-state index contributed by atoms with van der Waals surface area (Å²) in [6.45, 7) is 3.21. The smallest absolute Gasteiger partial charge is 0.321 e. The van der Waals surface area contributed by atoms with Crippen molar-refractivity contribution in [1.29, 1.82) is 0 Å². The maximum atomic E-state index is 13.8. The first-order chi connectivity index (χ1) is 17.5. The third-order valence-electron chi connectivity index (χ3n) is 6.90. The molecule has 3 amide bonds. The van der Waals surface area contributed by atoms with E-state index in [1.165, 1.54) is 0 Å². The van der Waals surface area contributed by atoms with Crippen molar-refractivity contribution in [2.75, 3.05) is 18.4 Å². The average Bonchev–Trinajstić information content (AvgIpc) is 3.32. The lowest BCUT2D eigenvalue weighted by Crippen LogP contribution is -2.52. The zero-order valence-corrected chi connectivity index (χ0v) is 21.1. The molecule has 0 spiro atoms. The highest BCUT2D eigenvalue weighted by Crippen LogP contribution is 2.32. The third-order valence-corrected chi connectivity index (χ3v) is 7.93. The van der Waals surface area contributed by atoms with Gasteiger partial charge in [0.05, 0.1) is 20.6 Å². The molecule has 2 N–H and O–H groups in total. The zero-order valence-electron chi connectivity index (χ0n) is 20.3. The van der Waals surface area contributed by atoms with Gasteiger partial charge >= 0.3 is 6.03 Å². The Labute approximate surface area is 215 Å². The van der Waals surface area contributed by atoms with Crippen LogP contribution in [-0.4, -0.2) is 41.0 Å². The minimum Gasteiger partial charge on any atom is -0.352 e. The van der Waals surface area contributed by atoms with Crippen LogP contribution in [0.25, 0.3) is 10.2 Å². The average molecular weight is 499 g/mol. The van der Waals surface area contributed by atoms with Crippen molar-refractivity contribution in [3.63, 3.8) is 0 Å². The Kier molecular flexibility index (Phi) is 7.00. The number of anilines is 1. The first kappa shape index (κ1) is 24.0. The van der Waals surface area contributed by atoms with Crippen molar-refractivity contribution < 1.29 is 9.59 Å². The molecule has 1 aliphatic heterocycles. The molecule has 0 saturated carbocycles. The fraction of sp³-hybridized carbons (Fsp3) is 0.276. The molecular formula is C29H30N4O2S. The second-order valence-corrected chi connectivity index (χ2v) is 10.6. The largest absolute Gasteiger partial charge is 0.352 e. The molecule has 184 valence electrons. The molecule has 0 radical (unpaired) electrons. The van der Waals surface area contributed by atoms with E-state index < -0.39 is 5.41 Å². The first-order valence-electron chi connectivity index (χ1n) is 12.3. The van der Waals surface area contributed by atoms with E-state index in [0.29, 0.717) is 19.5 Å². The Morgan fingerprint density at radius 3 is 2.28 bits per heavy atom. The van der Waals surface area contributed by atoms with Crippen molar-refractivity contribution in [3.8, 4) is 0 Å². The number of urea groups is 1. The summed E-state index contributed by atoms with van der Waals surface area (Å²) >= 11 is 1.64. The summed E-state index contributed by atoms with van der Waals surface area (Å²) in [4.78, 5) is 33.0.